The van der Waals surface area contributed by atoms with Gasteiger partial charge in [0.2, 0.25) is 0 Å². The van der Waals surface area contributed by atoms with Crippen molar-refractivity contribution in [3.63, 3.8) is 0 Å². The van der Waals surface area contributed by atoms with Gasteiger partial charge < -0.3 is 16.0 Å². The first-order valence-electron chi connectivity index (χ1n) is 8.51. The summed E-state index contributed by atoms with van der Waals surface area (Å²) in [6.45, 7) is 3.15. The summed E-state index contributed by atoms with van der Waals surface area (Å²) in [6.07, 6.45) is 2.94. The molecule has 1 aliphatic rings. The van der Waals surface area contributed by atoms with Gasteiger partial charge in [0.15, 0.2) is 16.8 Å². The lowest BCUT2D eigenvalue weighted by atomic mass is 10.0. The van der Waals surface area contributed by atoms with Crippen molar-refractivity contribution in [2.75, 3.05) is 29.0 Å². The van der Waals surface area contributed by atoms with Crippen molar-refractivity contribution in [3.05, 3.63) is 23.9 Å². The molecule has 0 radical (unpaired) electrons. The van der Waals surface area contributed by atoms with E-state index in [1.165, 1.54) is 11.3 Å². The Morgan fingerprint density at radius 2 is 2.26 bits per heavy atom. The highest BCUT2D eigenvalue weighted by atomic mass is 32.1. The van der Waals surface area contributed by atoms with Crippen LogP contribution in [0.1, 0.15) is 18.7 Å². The Morgan fingerprint density at radius 1 is 1.41 bits per heavy atom. The van der Waals surface area contributed by atoms with Gasteiger partial charge in [-0.25, -0.2) is 24.3 Å². The third-order valence-electron chi connectivity index (χ3n) is 4.34. The van der Waals surface area contributed by atoms with Crippen LogP contribution in [-0.4, -0.2) is 33.0 Å². The van der Waals surface area contributed by atoms with Crippen LogP contribution in [-0.2, 0) is 0 Å². The molecule has 27 heavy (non-hydrogen) atoms. The number of halogens is 1. The number of nitrogen functional groups attached to an aromatic ring is 1. The van der Waals surface area contributed by atoms with E-state index in [0.717, 1.165) is 25.6 Å². The Hall–Kier alpha value is -3.06. The van der Waals surface area contributed by atoms with Gasteiger partial charge in [0.05, 0.1) is 18.2 Å². The monoisotopic (exact) mass is 384 g/mol. The van der Waals surface area contributed by atoms with E-state index in [1.54, 1.807) is 13.0 Å². The molecule has 1 fully saturated rings. The molecule has 4 rings (SSSR count). The van der Waals surface area contributed by atoms with Crippen molar-refractivity contribution >= 4 is 44.1 Å². The van der Waals surface area contributed by atoms with Gasteiger partial charge in [-0.2, -0.15) is 5.26 Å². The number of hydrogen-bond donors (Lipinski definition) is 2. The highest BCUT2D eigenvalue weighted by Gasteiger charge is 2.24. The molecule has 0 saturated carbocycles. The topological polar surface area (TPSA) is 117 Å². The number of aryl methyl sites for hydroxylation is 1. The van der Waals surface area contributed by atoms with Gasteiger partial charge in [-0.1, -0.05) is 11.3 Å². The van der Waals surface area contributed by atoms with E-state index in [-0.39, 0.29) is 11.4 Å². The van der Waals surface area contributed by atoms with Crippen LogP contribution in [0.5, 0.6) is 0 Å². The molecule has 1 saturated heterocycles. The van der Waals surface area contributed by atoms with Gasteiger partial charge in [-0.15, -0.1) is 0 Å². The van der Waals surface area contributed by atoms with E-state index in [1.807, 2.05) is 4.90 Å². The van der Waals surface area contributed by atoms with Gasteiger partial charge in [-0.3, -0.25) is 0 Å². The first-order chi connectivity index (χ1) is 13.0. The summed E-state index contributed by atoms with van der Waals surface area (Å²) < 4.78 is 14.9. The summed E-state index contributed by atoms with van der Waals surface area (Å²) in [6, 6.07) is 3.91. The Morgan fingerprint density at radius 3 is 3.04 bits per heavy atom. The molecule has 0 amide bonds. The minimum atomic E-state index is -0.481. The maximum atomic E-state index is 14.3. The highest BCUT2D eigenvalue weighted by molar-refractivity contribution is 7.22. The number of aromatic nitrogens is 4. The Bertz CT molecular complexity index is 1020. The summed E-state index contributed by atoms with van der Waals surface area (Å²) in [5.74, 6) is 1.30. The quantitative estimate of drug-likeness (QED) is 0.708. The molecule has 0 bridgehead atoms. The lowest BCUT2D eigenvalue weighted by Gasteiger charge is -2.28. The van der Waals surface area contributed by atoms with E-state index in [0.29, 0.717) is 39.7 Å². The number of nitrogens with two attached hydrogens (primary N) is 1. The summed E-state index contributed by atoms with van der Waals surface area (Å²) in [5, 5.41) is 13.0. The van der Waals surface area contributed by atoms with Gasteiger partial charge in [-0.05, 0) is 19.8 Å². The van der Waals surface area contributed by atoms with E-state index in [9.17, 15) is 9.65 Å². The number of nitrogens with one attached hydrogen (secondary N) is 1. The zero-order valence-electron chi connectivity index (χ0n) is 14.6. The van der Waals surface area contributed by atoms with Crippen molar-refractivity contribution in [1.82, 2.24) is 19.9 Å². The Balaban J connectivity index is 1.71. The third-order valence-corrected chi connectivity index (χ3v) is 5.47. The molecule has 138 valence electrons. The summed E-state index contributed by atoms with van der Waals surface area (Å²) in [4.78, 5) is 19.0. The second kappa shape index (κ2) is 6.92. The largest absolute Gasteiger partial charge is 0.384 e. The molecule has 3 N–H and O–H groups in total. The lowest BCUT2D eigenvalue weighted by Crippen LogP contribution is -2.34. The minimum Gasteiger partial charge on any atom is -0.384 e. The summed E-state index contributed by atoms with van der Waals surface area (Å²) in [7, 11) is 0. The second-order valence-electron chi connectivity index (χ2n) is 6.39. The molecule has 3 aromatic heterocycles. The number of pyridine rings is 1. The normalized spacial score (nSPS) is 17.1. The first-order valence-corrected chi connectivity index (χ1v) is 9.33. The molecule has 0 aromatic carbocycles. The Labute approximate surface area is 158 Å². The molecule has 1 unspecified atom stereocenters. The van der Waals surface area contributed by atoms with Crippen LogP contribution in [0.2, 0.25) is 0 Å². The van der Waals surface area contributed by atoms with E-state index in [2.05, 4.69) is 31.3 Å². The summed E-state index contributed by atoms with van der Waals surface area (Å²) in [5.41, 5.74) is 6.02. The number of nitriles is 1. The Kier molecular flexibility index (Phi) is 4.45. The van der Waals surface area contributed by atoms with E-state index in [4.69, 9.17) is 5.73 Å². The first kappa shape index (κ1) is 17.4. The average molecular weight is 384 g/mol. The van der Waals surface area contributed by atoms with E-state index >= 15 is 0 Å². The molecule has 1 atom stereocenters. The van der Waals surface area contributed by atoms with Crippen LogP contribution in [0, 0.1) is 30.0 Å². The van der Waals surface area contributed by atoms with Gasteiger partial charge in [0.1, 0.15) is 27.7 Å². The number of anilines is 4. The van der Waals surface area contributed by atoms with Crippen LogP contribution in [0.4, 0.5) is 27.0 Å². The number of thiazole rings is 1. The van der Waals surface area contributed by atoms with Crippen molar-refractivity contribution in [1.29, 1.82) is 5.26 Å². The maximum absolute atomic E-state index is 14.3. The molecule has 4 heterocycles. The van der Waals surface area contributed by atoms with Crippen molar-refractivity contribution in [2.45, 2.75) is 19.8 Å². The predicted molar refractivity (Wildman–Crippen MR) is 102 cm³/mol. The highest BCUT2D eigenvalue weighted by Crippen LogP contribution is 2.36. The zero-order chi connectivity index (χ0) is 19.0. The smallest absolute Gasteiger partial charge is 0.186 e. The van der Waals surface area contributed by atoms with Gasteiger partial charge in [0, 0.05) is 19.2 Å². The van der Waals surface area contributed by atoms with Crippen molar-refractivity contribution in [3.8, 4) is 6.07 Å². The maximum Gasteiger partial charge on any atom is 0.186 e. The fraction of sp³-hybridized carbons (Fsp3) is 0.353. The average Bonchev–Trinajstić information content (AvgIpc) is 3.10. The third kappa shape index (κ3) is 3.46. The molecule has 8 nitrogen and oxygen atoms in total. The van der Waals surface area contributed by atoms with Crippen molar-refractivity contribution < 1.29 is 4.39 Å². The van der Waals surface area contributed by atoms with Crippen molar-refractivity contribution in [2.24, 2.45) is 5.92 Å². The lowest BCUT2D eigenvalue weighted by molar-refractivity contribution is 0.493. The molecular formula is C17H17FN8S. The minimum absolute atomic E-state index is 0.0294. The fourth-order valence-corrected chi connectivity index (χ4v) is 4.18. The number of rotatable bonds is 3. The summed E-state index contributed by atoms with van der Waals surface area (Å²) >= 11 is 1.35. The fourth-order valence-electron chi connectivity index (χ4n) is 3.13. The molecular weight excluding hydrogens is 367 g/mol. The molecule has 1 aliphatic heterocycles. The molecule has 3 aromatic rings. The van der Waals surface area contributed by atoms with Gasteiger partial charge >= 0.3 is 0 Å². The van der Waals surface area contributed by atoms with Crippen LogP contribution >= 0.6 is 11.3 Å². The SMILES string of the molecule is Cc1nc(N)cc(Nc2ncc(F)c3nc(N4CCCC(C#N)C4)sc23)n1. The van der Waals surface area contributed by atoms with Gasteiger partial charge in [0.25, 0.3) is 0 Å². The number of fused-ring (bicyclic) bond motifs is 1. The molecule has 0 aliphatic carbocycles. The van der Waals surface area contributed by atoms with E-state index < -0.39 is 5.82 Å². The zero-order valence-corrected chi connectivity index (χ0v) is 15.4. The number of hydrogen-bond acceptors (Lipinski definition) is 9. The van der Waals surface area contributed by atoms with Crippen LogP contribution in [0.3, 0.4) is 0 Å². The number of piperidine rings is 1. The van der Waals surface area contributed by atoms with Crippen LogP contribution in [0.25, 0.3) is 10.2 Å². The van der Waals surface area contributed by atoms with Crippen LogP contribution < -0.4 is 16.0 Å². The predicted octanol–water partition coefficient (Wildman–Crippen LogP) is 2.99. The molecule has 10 heteroatoms. The molecule has 0 spiro atoms. The van der Waals surface area contributed by atoms with Crippen LogP contribution in [0.15, 0.2) is 12.3 Å². The second-order valence-corrected chi connectivity index (χ2v) is 7.37. The standard InChI is InChI=1S/C17H17FN8S/c1-9-22-12(20)5-13(23-9)24-16-15-14(11(18)7-21-16)25-17(27-15)26-4-2-3-10(6-19)8-26/h5,7,10H,2-4,8H2,1H3,(H3,20,21,22,23,24). The number of nitrogens with zero attached hydrogens (tertiary/aromatic N) is 6.